The van der Waals surface area contributed by atoms with Crippen LogP contribution in [0.1, 0.15) is 18.9 Å². The zero-order chi connectivity index (χ0) is 13.4. The number of nitriles is 1. The highest BCUT2D eigenvalue weighted by molar-refractivity contribution is 7.91. The molecular weight excluding hydrogens is 274 g/mol. The number of nitrogens with zero attached hydrogens (tertiary/aromatic N) is 2. The first-order valence-corrected chi connectivity index (χ1v) is 7.58. The third-order valence-corrected chi connectivity index (χ3v) is 5.22. The maximum atomic E-state index is 11.5. The number of pyridine rings is 1. The van der Waals surface area contributed by atoms with Gasteiger partial charge >= 0.3 is 0 Å². The van der Waals surface area contributed by atoms with Gasteiger partial charge in [-0.3, -0.25) is 0 Å². The summed E-state index contributed by atoms with van der Waals surface area (Å²) >= 11 is 6.02. The molecule has 0 aromatic carbocycles. The van der Waals surface area contributed by atoms with E-state index in [1.807, 2.05) is 13.0 Å². The SMILES string of the molecule is CC1(Nc2nccc(C#N)c2Cl)CCS(=O)(=O)C1. The van der Waals surface area contributed by atoms with Crippen LogP contribution in [0.3, 0.4) is 0 Å². The van der Waals surface area contributed by atoms with Gasteiger partial charge in [0.25, 0.3) is 0 Å². The molecule has 1 aliphatic rings. The molecule has 0 bridgehead atoms. The van der Waals surface area contributed by atoms with Gasteiger partial charge in [0, 0.05) is 6.20 Å². The van der Waals surface area contributed by atoms with E-state index in [9.17, 15) is 8.42 Å². The van der Waals surface area contributed by atoms with Gasteiger partial charge in [-0.2, -0.15) is 5.26 Å². The summed E-state index contributed by atoms with van der Waals surface area (Å²) in [5, 5.41) is 12.1. The quantitative estimate of drug-likeness (QED) is 0.892. The number of hydrogen-bond acceptors (Lipinski definition) is 5. The molecule has 0 amide bonds. The molecule has 5 nitrogen and oxygen atoms in total. The molecule has 2 rings (SSSR count). The normalized spacial score (nSPS) is 25.6. The Hall–Kier alpha value is -1.32. The topological polar surface area (TPSA) is 82.8 Å². The molecular formula is C11H12ClN3O2S. The van der Waals surface area contributed by atoms with Crippen LogP contribution in [0, 0.1) is 11.3 Å². The Labute approximate surface area is 111 Å². The Balaban J connectivity index is 2.29. The van der Waals surface area contributed by atoms with Crippen molar-refractivity contribution in [2.45, 2.75) is 18.9 Å². The lowest BCUT2D eigenvalue weighted by Crippen LogP contribution is -2.36. The van der Waals surface area contributed by atoms with Crippen molar-refractivity contribution in [1.82, 2.24) is 4.98 Å². The fraction of sp³-hybridized carbons (Fsp3) is 0.455. The number of nitrogens with one attached hydrogen (secondary N) is 1. The summed E-state index contributed by atoms with van der Waals surface area (Å²) < 4.78 is 23.0. The van der Waals surface area contributed by atoms with Gasteiger partial charge in [0.1, 0.15) is 16.9 Å². The van der Waals surface area contributed by atoms with E-state index in [0.717, 1.165) is 0 Å². The molecule has 96 valence electrons. The zero-order valence-corrected chi connectivity index (χ0v) is 11.3. The van der Waals surface area contributed by atoms with Crippen molar-refractivity contribution in [3.05, 3.63) is 22.8 Å². The third kappa shape index (κ3) is 2.57. The molecule has 1 N–H and O–H groups in total. The summed E-state index contributed by atoms with van der Waals surface area (Å²) in [5.41, 5.74) is -0.262. The Morgan fingerprint density at radius 2 is 2.33 bits per heavy atom. The Bertz CT molecular complexity index is 624. The summed E-state index contributed by atoms with van der Waals surface area (Å²) in [5.74, 6) is 0.566. The van der Waals surface area contributed by atoms with E-state index in [-0.39, 0.29) is 16.5 Å². The maximum absolute atomic E-state index is 11.5. The van der Waals surface area contributed by atoms with E-state index >= 15 is 0 Å². The number of aromatic nitrogens is 1. The van der Waals surface area contributed by atoms with Crippen molar-refractivity contribution in [1.29, 1.82) is 5.26 Å². The molecule has 1 unspecified atom stereocenters. The molecule has 1 aliphatic heterocycles. The predicted molar refractivity (Wildman–Crippen MR) is 69.3 cm³/mol. The lowest BCUT2D eigenvalue weighted by atomic mass is 10.0. The van der Waals surface area contributed by atoms with Crippen molar-refractivity contribution in [3.63, 3.8) is 0 Å². The van der Waals surface area contributed by atoms with Crippen LogP contribution in [-0.2, 0) is 9.84 Å². The Morgan fingerprint density at radius 1 is 1.61 bits per heavy atom. The molecule has 0 saturated carbocycles. The molecule has 1 aromatic heterocycles. The van der Waals surface area contributed by atoms with E-state index in [1.165, 1.54) is 12.3 Å². The molecule has 1 fully saturated rings. The second-order valence-electron chi connectivity index (χ2n) is 4.66. The lowest BCUT2D eigenvalue weighted by Gasteiger charge is -2.25. The molecule has 1 atom stereocenters. The van der Waals surface area contributed by atoms with Crippen LogP contribution >= 0.6 is 11.6 Å². The van der Waals surface area contributed by atoms with Crippen LogP contribution in [0.2, 0.25) is 5.02 Å². The Kier molecular flexibility index (Phi) is 3.21. The first kappa shape index (κ1) is 13.1. The Morgan fingerprint density at radius 3 is 2.89 bits per heavy atom. The smallest absolute Gasteiger partial charge is 0.152 e. The summed E-state index contributed by atoms with van der Waals surface area (Å²) in [4.78, 5) is 4.05. The highest BCUT2D eigenvalue weighted by atomic mass is 35.5. The number of anilines is 1. The van der Waals surface area contributed by atoms with Crippen molar-refractivity contribution >= 4 is 27.3 Å². The second-order valence-corrected chi connectivity index (χ2v) is 7.22. The number of sulfone groups is 1. The highest BCUT2D eigenvalue weighted by Gasteiger charge is 2.38. The van der Waals surface area contributed by atoms with Crippen LogP contribution in [0.4, 0.5) is 5.82 Å². The van der Waals surface area contributed by atoms with E-state index in [4.69, 9.17) is 16.9 Å². The van der Waals surface area contributed by atoms with Crippen molar-refractivity contribution in [2.75, 3.05) is 16.8 Å². The van der Waals surface area contributed by atoms with E-state index in [0.29, 0.717) is 17.8 Å². The van der Waals surface area contributed by atoms with Gasteiger partial charge in [0.15, 0.2) is 9.84 Å². The zero-order valence-electron chi connectivity index (χ0n) is 9.77. The summed E-state index contributed by atoms with van der Waals surface area (Å²) in [6.45, 7) is 1.81. The van der Waals surface area contributed by atoms with Crippen LogP contribution < -0.4 is 5.32 Å². The van der Waals surface area contributed by atoms with Crippen LogP contribution in [-0.4, -0.2) is 30.4 Å². The number of hydrogen-bond donors (Lipinski definition) is 1. The van der Waals surface area contributed by atoms with E-state index in [1.54, 1.807) is 0 Å². The summed E-state index contributed by atoms with van der Waals surface area (Å²) in [7, 11) is -3.00. The van der Waals surface area contributed by atoms with Gasteiger partial charge in [-0.1, -0.05) is 11.6 Å². The molecule has 7 heteroatoms. The minimum atomic E-state index is -3.00. The van der Waals surface area contributed by atoms with Crippen LogP contribution in [0.15, 0.2) is 12.3 Å². The third-order valence-electron chi connectivity index (χ3n) is 2.93. The minimum absolute atomic E-state index is 0.0504. The number of halogens is 1. The average molecular weight is 286 g/mol. The molecule has 0 spiro atoms. The molecule has 0 radical (unpaired) electrons. The van der Waals surface area contributed by atoms with Crippen LogP contribution in [0.25, 0.3) is 0 Å². The number of rotatable bonds is 2. The first-order chi connectivity index (χ1) is 8.35. The van der Waals surface area contributed by atoms with Crippen LogP contribution in [0.5, 0.6) is 0 Å². The fourth-order valence-corrected chi connectivity index (χ4v) is 4.31. The molecule has 1 aromatic rings. The molecule has 1 saturated heterocycles. The largest absolute Gasteiger partial charge is 0.363 e. The van der Waals surface area contributed by atoms with Gasteiger partial charge < -0.3 is 5.32 Å². The average Bonchev–Trinajstić information content (AvgIpc) is 2.56. The second kappa shape index (κ2) is 4.41. The van der Waals surface area contributed by atoms with E-state index < -0.39 is 15.4 Å². The van der Waals surface area contributed by atoms with E-state index in [2.05, 4.69) is 10.3 Å². The van der Waals surface area contributed by atoms with Crippen molar-refractivity contribution < 1.29 is 8.42 Å². The monoisotopic (exact) mass is 285 g/mol. The standard InChI is InChI=1S/C11H12ClN3O2S/c1-11(3-5-18(16,17)7-11)15-10-9(12)8(6-13)2-4-14-10/h2,4H,3,5,7H2,1H3,(H,14,15). The van der Waals surface area contributed by atoms with Crippen molar-refractivity contribution in [2.24, 2.45) is 0 Å². The van der Waals surface area contributed by atoms with Gasteiger partial charge in [0.05, 0.1) is 22.6 Å². The van der Waals surface area contributed by atoms with Gasteiger partial charge in [0.2, 0.25) is 0 Å². The molecule has 18 heavy (non-hydrogen) atoms. The first-order valence-electron chi connectivity index (χ1n) is 5.38. The minimum Gasteiger partial charge on any atom is -0.363 e. The predicted octanol–water partition coefficient (Wildman–Crippen LogP) is 1.60. The highest BCUT2D eigenvalue weighted by Crippen LogP contribution is 2.30. The van der Waals surface area contributed by atoms with Gasteiger partial charge in [-0.15, -0.1) is 0 Å². The van der Waals surface area contributed by atoms with Gasteiger partial charge in [-0.05, 0) is 19.4 Å². The summed E-state index contributed by atoms with van der Waals surface area (Å²) in [6.07, 6.45) is 1.98. The van der Waals surface area contributed by atoms with Gasteiger partial charge in [-0.25, -0.2) is 13.4 Å². The lowest BCUT2D eigenvalue weighted by molar-refractivity contribution is 0.572. The molecule has 0 aliphatic carbocycles. The summed E-state index contributed by atoms with van der Waals surface area (Å²) in [6, 6.07) is 3.47. The maximum Gasteiger partial charge on any atom is 0.152 e. The van der Waals surface area contributed by atoms with Crippen molar-refractivity contribution in [3.8, 4) is 6.07 Å². The molecule has 2 heterocycles. The fourth-order valence-electron chi connectivity index (χ4n) is 2.01.